The minimum atomic E-state index is -0.253. The summed E-state index contributed by atoms with van der Waals surface area (Å²) in [6.45, 7) is 4.51. The zero-order valence-corrected chi connectivity index (χ0v) is 17.8. The summed E-state index contributed by atoms with van der Waals surface area (Å²) < 4.78 is 5.59. The molecule has 0 aliphatic carbocycles. The Balaban J connectivity index is 1.66. The van der Waals surface area contributed by atoms with E-state index in [1.165, 1.54) is 0 Å². The molecule has 0 aliphatic rings. The van der Waals surface area contributed by atoms with Gasteiger partial charge in [0.2, 0.25) is 0 Å². The summed E-state index contributed by atoms with van der Waals surface area (Å²) in [6, 6.07) is 13.7. The highest BCUT2D eigenvalue weighted by Gasteiger charge is 2.18. The predicted octanol–water partition coefficient (Wildman–Crippen LogP) is 4.15. The van der Waals surface area contributed by atoms with E-state index in [0.717, 1.165) is 39.1 Å². The molecule has 2 N–H and O–H groups in total. The number of ether oxygens (including phenoxy) is 1. The standard InChI is InChI=1S/C24H25N5O2/c1-4-16(12-25-3)24(30)31-19-11-18-10-17(8-9-21(18)26-13-19)20-14-27-29-23(20)22-7-5-6-15(2)28-22/h5-11,13-14,16,25H,4,12H2,1-3H3,(H,27,29). The molecule has 7 nitrogen and oxygen atoms in total. The number of hydrogen-bond acceptors (Lipinski definition) is 6. The quantitative estimate of drug-likeness (QED) is 0.441. The second-order valence-corrected chi connectivity index (χ2v) is 7.49. The second kappa shape index (κ2) is 9.06. The smallest absolute Gasteiger partial charge is 0.315 e. The fourth-order valence-corrected chi connectivity index (χ4v) is 3.56. The SMILES string of the molecule is CCC(CNC)C(=O)Oc1cnc2ccc(-c3cn[nH]c3-c3cccc(C)n3)cc2c1. The van der Waals surface area contributed by atoms with Crippen molar-refractivity contribution in [3.05, 3.63) is 60.6 Å². The number of esters is 1. The number of hydrogen-bond donors (Lipinski definition) is 2. The van der Waals surface area contributed by atoms with Gasteiger partial charge in [0.15, 0.2) is 0 Å². The number of aromatic nitrogens is 4. The van der Waals surface area contributed by atoms with E-state index >= 15 is 0 Å². The zero-order valence-electron chi connectivity index (χ0n) is 17.8. The first kappa shape index (κ1) is 20.7. The van der Waals surface area contributed by atoms with Crippen LogP contribution >= 0.6 is 0 Å². The van der Waals surface area contributed by atoms with Gasteiger partial charge in [0.1, 0.15) is 5.75 Å². The third-order valence-electron chi connectivity index (χ3n) is 5.25. The van der Waals surface area contributed by atoms with Gasteiger partial charge in [0.25, 0.3) is 0 Å². The molecular formula is C24H25N5O2. The Labute approximate surface area is 180 Å². The van der Waals surface area contributed by atoms with Crippen molar-refractivity contribution in [1.29, 1.82) is 0 Å². The maximum absolute atomic E-state index is 12.4. The number of carbonyl (C=O) groups is 1. The third-order valence-corrected chi connectivity index (χ3v) is 5.25. The van der Waals surface area contributed by atoms with Crippen LogP contribution in [0.3, 0.4) is 0 Å². The van der Waals surface area contributed by atoms with E-state index in [-0.39, 0.29) is 11.9 Å². The van der Waals surface area contributed by atoms with Crippen molar-refractivity contribution in [3.63, 3.8) is 0 Å². The van der Waals surface area contributed by atoms with E-state index in [9.17, 15) is 4.79 Å². The van der Waals surface area contributed by atoms with Gasteiger partial charge in [-0.3, -0.25) is 19.9 Å². The maximum Gasteiger partial charge on any atom is 0.315 e. The number of nitrogens with one attached hydrogen (secondary N) is 2. The molecule has 7 heteroatoms. The number of carbonyl (C=O) groups excluding carboxylic acids is 1. The summed E-state index contributed by atoms with van der Waals surface area (Å²) in [5.41, 5.74) is 5.38. The average molecular weight is 415 g/mol. The highest BCUT2D eigenvalue weighted by Crippen LogP contribution is 2.31. The Morgan fingerprint density at radius 2 is 2.06 bits per heavy atom. The van der Waals surface area contributed by atoms with Gasteiger partial charge < -0.3 is 10.1 Å². The van der Waals surface area contributed by atoms with Gasteiger partial charge in [-0.15, -0.1) is 0 Å². The number of rotatable bonds is 7. The van der Waals surface area contributed by atoms with Crippen LogP contribution in [-0.4, -0.2) is 39.7 Å². The number of aryl methyl sites for hydroxylation is 1. The molecule has 0 spiro atoms. The number of aromatic amines is 1. The van der Waals surface area contributed by atoms with Crippen LogP contribution in [-0.2, 0) is 4.79 Å². The van der Waals surface area contributed by atoms with Crippen LogP contribution in [0, 0.1) is 12.8 Å². The van der Waals surface area contributed by atoms with E-state index in [2.05, 4.69) is 25.5 Å². The first-order valence-electron chi connectivity index (χ1n) is 10.3. The second-order valence-electron chi connectivity index (χ2n) is 7.49. The van der Waals surface area contributed by atoms with Gasteiger partial charge in [0.05, 0.1) is 35.2 Å². The summed E-state index contributed by atoms with van der Waals surface area (Å²) in [5.74, 6) is -0.00360. The van der Waals surface area contributed by atoms with Crippen LogP contribution in [0.4, 0.5) is 0 Å². The average Bonchev–Trinajstić information content (AvgIpc) is 3.27. The minimum Gasteiger partial charge on any atom is -0.425 e. The molecule has 0 fully saturated rings. The molecule has 4 aromatic rings. The molecule has 1 atom stereocenters. The summed E-state index contributed by atoms with van der Waals surface area (Å²) in [7, 11) is 1.82. The topological polar surface area (TPSA) is 92.8 Å². The van der Waals surface area contributed by atoms with Crippen molar-refractivity contribution in [3.8, 4) is 28.3 Å². The van der Waals surface area contributed by atoms with E-state index < -0.39 is 0 Å². The van der Waals surface area contributed by atoms with Crippen molar-refractivity contribution in [2.75, 3.05) is 13.6 Å². The van der Waals surface area contributed by atoms with Crippen LogP contribution < -0.4 is 10.1 Å². The molecule has 1 unspecified atom stereocenters. The van der Waals surface area contributed by atoms with E-state index in [1.54, 1.807) is 12.4 Å². The molecule has 3 aromatic heterocycles. The summed E-state index contributed by atoms with van der Waals surface area (Å²) >= 11 is 0. The molecule has 0 saturated heterocycles. The van der Waals surface area contributed by atoms with Crippen LogP contribution in [0.25, 0.3) is 33.4 Å². The van der Waals surface area contributed by atoms with Gasteiger partial charge in [-0.2, -0.15) is 5.10 Å². The lowest BCUT2D eigenvalue weighted by Crippen LogP contribution is -2.29. The minimum absolute atomic E-state index is 0.192. The molecule has 0 bridgehead atoms. The summed E-state index contributed by atoms with van der Waals surface area (Å²) in [5, 5.41) is 11.2. The molecular weight excluding hydrogens is 390 g/mol. The Morgan fingerprint density at radius 3 is 2.84 bits per heavy atom. The largest absolute Gasteiger partial charge is 0.425 e. The summed E-state index contributed by atoms with van der Waals surface area (Å²) in [6.07, 6.45) is 4.09. The molecule has 0 aliphatic heterocycles. The van der Waals surface area contributed by atoms with Crippen molar-refractivity contribution in [2.24, 2.45) is 5.92 Å². The molecule has 158 valence electrons. The van der Waals surface area contributed by atoms with E-state index in [0.29, 0.717) is 18.7 Å². The number of nitrogens with zero attached hydrogens (tertiary/aromatic N) is 3. The third kappa shape index (κ3) is 4.46. The van der Waals surface area contributed by atoms with E-state index in [1.807, 2.05) is 63.4 Å². The highest BCUT2D eigenvalue weighted by molar-refractivity contribution is 5.89. The fraction of sp³-hybridized carbons (Fsp3) is 0.250. The Hall–Kier alpha value is -3.58. The number of pyridine rings is 2. The molecule has 4 rings (SSSR count). The lowest BCUT2D eigenvalue weighted by atomic mass is 10.0. The van der Waals surface area contributed by atoms with Crippen molar-refractivity contribution < 1.29 is 9.53 Å². The Morgan fingerprint density at radius 1 is 1.19 bits per heavy atom. The maximum atomic E-state index is 12.4. The van der Waals surface area contributed by atoms with Crippen LogP contribution in [0.5, 0.6) is 5.75 Å². The van der Waals surface area contributed by atoms with Crippen LogP contribution in [0.1, 0.15) is 19.0 Å². The van der Waals surface area contributed by atoms with Crippen LogP contribution in [0.2, 0.25) is 0 Å². The van der Waals surface area contributed by atoms with Gasteiger partial charge >= 0.3 is 5.97 Å². The van der Waals surface area contributed by atoms with Gasteiger partial charge in [-0.25, -0.2) is 0 Å². The van der Waals surface area contributed by atoms with Gasteiger partial charge in [-0.05, 0) is 56.3 Å². The van der Waals surface area contributed by atoms with Gasteiger partial charge in [-0.1, -0.05) is 19.1 Å². The number of benzene rings is 1. The summed E-state index contributed by atoms with van der Waals surface area (Å²) in [4.78, 5) is 21.5. The van der Waals surface area contributed by atoms with Crippen molar-refractivity contribution in [2.45, 2.75) is 20.3 Å². The number of fused-ring (bicyclic) bond motifs is 1. The normalized spacial score (nSPS) is 12.1. The first-order valence-corrected chi connectivity index (χ1v) is 10.3. The van der Waals surface area contributed by atoms with Crippen LogP contribution in [0.15, 0.2) is 54.9 Å². The lowest BCUT2D eigenvalue weighted by Gasteiger charge is -2.13. The molecule has 0 radical (unpaired) electrons. The molecule has 1 aromatic carbocycles. The fourth-order valence-electron chi connectivity index (χ4n) is 3.56. The number of H-pyrrole nitrogens is 1. The Kier molecular flexibility index (Phi) is 6.04. The predicted molar refractivity (Wildman–Crippen MR) is 121 cm³/mol. The molecule has 0 saturated carbocycles. The lowest BCUT2D eigenvalue weighted by molar-refractivity contribution is -0.138. The van der Waals surface area contributed by atoms with Crippen molar-refractivity contribution >= 4 is 16.9 Å². The van der Waals surface area contributed by atoms with Gasteiger partial charge in [0, 0.05) is 23.2 Å². The molecule has 3 heterocycles. The Bertz CT molecular complexity index is 1220. The monoisotopic (exact) mass is 415 g/mol. The molecule has 31 heavy (non-hydrogen) atoms. The first-order chi connectivity index (χ1) is 15.1. The van der Waals surface area contributed by atoms with Crippen molar-refractivity contribution in [1.82, 2.24) is 25.5 Å². The zero-order chi connectivity index (χ0) is 21.8. The van der Waals surface area contributed by atoms with E-state index in [4.69, 9.17) is 4.74 Å². The highest BCUT2D eigenvalue weighted by atomic mass is 16.5. The molecule has 0 amide bonds.